The van der Waals surface area contributed by atoms with E-state index in [1.54, 1.807) is 53.4 Å². The van der Waals surface area contributed by atoms with Gasteiger partial charge in [0.15, 0.2) is 0 Å². The Balaban J connectivity index is 1.36. The lowest BCUT2D eigenvalue weighted by atomic mass is 9.94. The van der Waals surface area contributed by atoms with Gasteiger partial charge in [0.2, 0.25) is 0 Å². The summed E-state index contributed by atoms with van der Waals surface area (Å²) in [6.07, 6.45) is 7.32. The first-order chi connectivity index (χ1) is 18.9. The molecule has 0 spiro atoms. The smallest absolute Gasteiger partial charge is 0.259 e. The zero-order valence-electron chi connectivity index (χ0n) is 22.2. The van der Waals surface area contributed by atoms with Crippen molar-refractivity contribution in [1.29, 1.82) is 0 Å². The standard InChI is InChI=1S/C31H34ClN3O3S/c1-34(25-11-3-2-4-12-25)18-8-17-33-30(36)23-15-16-29-27(20-23)35(21-22-9-7-10-24(32)19-22)31(37)26-13-5-6-14-28(26)39(29)38/h5-7,9-10,13-16,19-20,25H,2-4,8,11-12,17-18,21H2,1H3,(H,33,36)/t39-/m0/s1. The Bertz CT molecular complexity index is 1390. The van der Waals surface area contributed by atoms with Gasteiger partial charge in [-0.1, -0.05) is 55.1 Å². The minimum atomic E-state index is -1.57. The maximum atomic E-state index is 13.8. The number of carbonyl (C=O) groups is 2. The third-order valence-electron chi connectivity index (χ3n) is 7.67. The van der Waals surface area contributed by atoms with Crippen molar-refractivity contribution in [3.63, 3.8) is 0 Å². The summed E-state index contributed by atoms with van der Waals surface area (Å²) in [5, 5.41) is 3.60. The number of benzene rings is 3. The number of fused-ring (bicyclic) bond motifs is 2. The van der Waals surface area contributed by atoms with Crippen molar-refractivity contribution in [2.24, 2.45) is 0 Å². The van der Waals surface area contributed by atoms with Crippen LogP contribution in [0.5, 0.6) is 0 Å². The van der Waals surface area contributed by atoms with Crippen molar-refractivity contribution >= 4 is 39.9 Å². The Labute approximate surface area is 237 Å². The van der Waals surface area contributed by atoms with E-state index < -0.39 is 10.8 Å². The van der Waals surface area contributed by atoms with Gasteiger partial charge in [-0.05, 0) is 80.9 Å². The number of halogens is 1. The summed E-state index contributed by atoms with van der Waals surface area (Å²) in [5.41, 5.74) is 2.13. The van der Waals surface area contributed by atoms with Gasteiger partial charge in [0.25, 0.3) is 11.8 Å². The zero-order chi connectivity index (χ0) is 27.4. The van der Waals surface area contributed by atoms with Gasteiger partial charge >= 0.3 is 0 Å². The molecule has 2 amide bonds. The van der Waals surface area contributed by atoms with Crippen LogP contribution in [0.4, 0.5) is 5.69 Å². The third-order valence-corrected chi connectivity index (χ3v) is 9.41. The highest BCUT2D eigenvalue weighted by atomic mass is 35.5. The molecule has 204 valence electrons. The van der Waals surface area contributed by atoms with Crippen LogP contribution in [-0.4, -0.2) is 47.1 Å². The highest BCUT2D eigenvalue weighted by molar-refractivity contribution is 7.85. The van der Waals surface area contributed by atoms with Crippen LogP contribution in [-0.2, 0) is 17.3 Å². The normalized spacial score (nSPS) is 17.5. The average Bonchev–Trinajstić information content (AvgIpc) is 3.05. The number of nitrogens with zero attached hydrogens (tertiary/aromatic N) is 2. The lowest BCUT2D eigenvalue weighted by molar-refractivity contribution is 0.0947. The lowest BCUT2D eigenvalue weighted by Gasteiger charge is -2.31. The minimum absolute atomic E-state index is 0.208. The summed E-state index contributed by atoms with van der Waals surface area (Å²) < 4.78 is 13.6. The molecular weight excluding hydrogens is 530 g/mol. The number of anilines is 1. The summed E-state index contributed by atoms with van der Waals surface area (Å²) >= 11 is 6.22. The first-order valence-electron chi connectivity index (χ1n) is 13.6. The molecule has 1 aliphatic heterocycles. The molecule has 6 nitrogen and oxygen atoms in total. The molecule has 1 N–H and O–H groups in total. The Morgan fingerprint density at radius 2 is 1.82 bits per heavy atom. The van der Waals surface area contributed by atoms with E-state index in [1.807, 2.05) is 18.2 Å². The van der Waals surface area contributed by atoms with Crippen LogP contribution >= 0.6 is 11.6 Å². The molecule has 0 aromatic heterocycles. The Kier molecular flexibility index (Phi) is 8.80. The van der Waals surface area contributed by atoms with E-state index in [0.29, 0.717) is 44.2 Å². The van der Waals surface area contributed by atoms with Crippen molar-refractivity contribution in [2.75, 3.05) is 25.0 Å². The van der Waals surface area contributed by atoms with Gasteiger partial charge in [0.05, 0.1) is 38.4 Å². The summed E-state index contributed by atoms with van der Waals surface area (Å²) in [7, 11) is 0.601. The first kappa shape index (κ1) is 27.6. The maximum Gasteiger partial charge on any atom is 0.259 e. The number of amides is 2. The molecule has 0 radical (unpaired) electrons. The summed E-state index contributed by atoms with van der Waals surface area (Å²) in [5.74, 6) is -0.471. The van der Waals surface area contributed by atoms with E-state index in [1.165, 1.54) is 32.1 Å². The number of hydrogen-bond acceptors (Lipinski definition) is 4. The molecule has 1 fully saturated rings. The number of carbonyl (C=O) groups excluding carboxylic acids is 2. The summed E-state index contributed by atoms with van der Waals surface area (Å²) in [6.45, 7) is 1.74. The SMILES string of the molecule is CN(CCCNC(=O)c1ccc2c(c1)N(Cc1cccc(Cl)c1)C(=O)c1ccccc1[S@@]2=O)C1CCCCC1. The van der Waals surface area contributed by atoms with E-state index in [2.05, 4.69) is 17.3 Å². The lowest BCUT2D eigenvalue weighted by Crippen LogP contribution is -2.36. The van der Waals surface area contributed by atoms with Gasteiger partial charge < -0.3 is 15.1 Å². The van der Waals surface area contributed by atoms with Crippen molar-refractivity contribution in [3.05, 3.63) is 88.4 Å². The number of nitrogens with one attached hydrogen (secondary N) is 1. The Morgan fingerprint density at radius 3 is 2.62 bits per heavy atom. The fourth-order valence-electron chi connectivity index (χ4n) is 5.52. The monoisotopic (exact) mass is 563 g/mol. The van der Waals surface area contributed by atoms with Crippen LogP contribution in [0.2, 0.25) is 5.02 Å². The van der Waals surface area contributed by atoms with Crippen molar-refractivity contribution in [1.82, 2.24) is 10.2 Å². The second-order valence-electron chi connectivity index (χ2n) is 10.4. The molecule has 1 atom stereocenters. The van der Waals surface area contributed by atoms with Gasteiger partial charge in [-0.3, -0.25) is 9.59 Å². The predicted octanol–water partition coefficient (Wildman–Crippen LogP) is 6.05. The van der Waals surface area contributed by atoms with Crippen LogP contribution in [0.1, 0.15) is 64.8 Å². The predicted molar refractivity (Wildman–Crippen MR) is 156 cm³/mol. The molecule has 1 saturated carbocycles. The van der Waals surface area contributed by atoms with E-state index >= 15 is 0 Å². The van der Waals surface area contributed by atoms with Crippen LogP contribution in [0.3, 0.4) is 0 Å². The van der Waals surface area contributed by atoms with Gasteiger partial charge in [-0.25, -0.2) is 4.21 Å². The number of rotatable bonds is 8. The van der Waals surface area contributed by atoms with E-state index in [-0.39, 0.29) is 18.4 Å². The molecule has 0 bridgehead atoms. The Morgan fingerprint density at radius 1 is 1.03 bits per heavy atom. The fraction of sp³-hybridized carbons (Fsp3) is 0.355. The zero-order valence-corrected chi connectivity index (χ0v) is 23.8. The summed E-state index contributed by atoms with van der Waals surface area (Å²) in [6, 6.07) is 20.0. The second-order valence-corrected chi connectivity index (χ2v) is 12.2. The fourth-order valence-corrected chi connectivity index (χ4v) is 7.07. The molecular formula is C31H34ClN3O3S. The highest BCUT2D eigenvalue weighted by Gasteiger charge is 2.31. The van der Waals surface area contributed by atoms with E-state index in [0.717, 1.165) is 18.5 Å². The maximum absolute atomic E-state index is 13.8. The molecule has 1 aliphatic carbocycles. The molecule has 8 heteroatoms. The van der Waals surface area contributed by atoms with Crippen molar-refractivity contribution in [3.8, 4) is 0 Å². The highest BCUT2D eigenvalue weighted by Crippen LogP contribution is 2.36. The van der Waals surface area contributed by atoms with Gasteiger partial charge in [-0.2, -0.15) is 0 Å². The second kappa shape index (κ2) is 12.5. The van der Waals surface area contributed by atoms with Crippen LogP contribution in [0, 0.1) is 0 Å². The molecule has 3 aromatic rings. The molecule has 5 rings (SSSR count). The van der Waals surface area contributed by atoms with E-state index in [4.69, 9.17) is 11.6 Å². The van der Waals surface area contributed by atoms with Gasteiger partial charge in [0, 0.05) is 23.2 Å². The molecule has 3 aromatic carbocycles. The molecule has 0 saturated heterocycles. The summed E-state index contributed by atoms with van der Waals surface area (Å²) in [4.78, 5) is 31.9. The Hall–Kier alpha value is -3.00. The minimum Gasteiger partial charge on any atom is -0.352 e. The van der Waals surface area contributed by atoms with Gasteiger partial charge in [0.1, 0.15) is 0 Å². The van der Waals surface area contributed by atoms with Gasteiger partial charge in [-0.15, -0.1) is 0 Å². The topological polar surface area (TPSA) is 69.7 Å². The largest absolute Gasteiger partial charge is 0.352 e. The van der Waals surface area contributed by atoms with Crippen molar-refractivity contribution < 1.29 is 13.8 Å². The quantitative estimate of drug-likeness (QED) is 0.339. The molecule has 2 aliphatic rings. The molecule has 39 heavy (non-hydrogen) atoms. The van der Waals surface area contributed by atoms with Crippen molar-refractivity contribution in [2.45, 2.75) is 60.9 Å². The van der Waals surface area contributed by atoms with Crippen LogP contribution in [0.15, 0.2) is 76.5 Å². The molecule has 0 unspecified atom stereocenters. The first-order valence-corrected chi connectivity index (χ1v) is 15.1. The van der Waals surface area contributed by atoms with Crippen LogP contribution < -0.4 is 10.2 Å². The van der Waals surface area contributed by atoms with E-state index in [9.17, 15) is 13.8 Å². The third kappa shape index (κ3) is 6.26. The average molecular weight is 564 g/mol. The number of hydrogen-bond donors (Lipinski definition) is 1. The molecule has 1 heterocycles. The van der Waals surface area contributed by atoms with Crippen LogP contribution in [0.25, 0.3) is 0 Å².